The molecule has 1 heterocycles. The smallest absolute Gasteiger partial charge is 0.416 e. The Labute approximate surface area is 101 Å². The highest BCUT2D eigenvalue weighted by Gasteiger charge is 2.30. The highest BCUT2D eigenvalue weighted by Crippen LogP contribution is 2.32. The number of nitrogens with two attached hydrogens (primary N) is 1. The van der Waals surface area contributed by atoms with Gasteiger partial charge in [-0.25, -0.2) is 4.98 Å². The van der Waals surface area contributed by atoms with Crippen molar-refractivity contribution in [2.24, 2.45) is 5.73 Å². The Morgan fingerprint density at radius 2 is 2.06 bits per heavy atom. The van der Waals surface area contributed by atoms with Crippen molar-refractivity contribution in [1.82, 2.24) is 4.98 Å². The lowest BCUT2D eigenvalue weighted by Gasteiger charge is -2.07. The summed E-state index contributed by atoms with van der Waals surface area (Å²) in [5.74, 6) is 0.566. The average Bonchev–Trinajstić information content (AvgIpc) is 2.77. The molecular weight excluding hydrogens is 245 g/mol. The van der Waals surface area contributed by atoms with Crippen LogP contribution in [0.1, 0.15) is 24.4 Å². The van der Waals surface area contributed by atoms with Crippen molar-refractivity contribution in [3.8, 4) is 11.3 Å². The summed E-state index contributed by atoms with van der Waals surface area (Å²) in [5.41, 5.74) is 5.17. The van der Waals surface area contributed by atoms with E-state index in [1.165, 1.54) is 18.3 Å². The molecule has 0 amide bonds. The highest BCUT2D eigenvalue weighted by molar-refractivity contribution is 5.57. The van der Waals surface area contributed by atoms with Gasteiger partial charge in [0.15, 0.2) is 5.76 Å². The number of alkyl halides is 3. The summed E-state index contributed by atoms with van der Waals surface area (Å²) in [6.07, 6.45) is -3.01. The lowest BCUT2D eigenvalue weighted by molar-refractivity contribution is -0.137. The first-order valence-corrected chi connectivity index (χ1v) is 5.27. The molecule has 0 aliphatic carbocycles. The zero-order chi connectivity index (χ0) is 13.3. The van der Waals surface area contributed by atoms with Gasteiger partial charge in [-0.05, 0) is 19.1 Å². The van der Waals surface area contributed by atoms with Crippen molar-refractivity contribution >= 4 is 0 Å². The summed E-state index contributed by atoms with van der Waals surface area (Å²) in [7, 11) is 0. The Hall–Kier alpha value is -1.82. The topological polar surface area (TPSA) is 52.0 Å². The number of hydrogen-bond acceptors (Lipinski definition) is 3. The molecule has 0 aliphatic rings. The predicted octanol–water partition coefficient (Wildman–Crippen LogP) is 3.38. The molecule has 0 spiro atoms. The monoisotopic (exact) mass is 256 g/mol. The summed E-state index contributed by atoms with van der Waals surface area (Å²) < 4.78 is 42.9. The largest absolute Gasteiger partial charge is 0.439 e. The van der Waals surface area contributed by atoms with Gasteiger partial charge in [-0.2, -0.15) is 13.2 Å². The van der Waals surface area contributed by atoms with Gasteiger partial charge < -0.3 is 10.2 Å². The van der Waals surface area contributed by atoms with E-state index >= 15 is 0 Å². The van der Waals surface area contributed by atoms with Crippen molar-refractivity contribution < 1.29 is 17.6 Å². The van der Waals surface area contributed by atoms with E-state index in [-0.39, 0.29) is 5.76 Å². The van der Waals surface area contributed by atoms with E-state index in [0.717, 1.165) is 12.1 Å². The van der Waals surface area contributed by atoms with Crippen molar-refractivity contribution in [2.75, 3.05) is 0 Å². The molecule has 96 valence electrons. The van der Waals surface area contributed by atoms with Crippen LogP contribution in [0.2, 0.25) is 0 Å². The second-order valence-corrected chi connectivity index (χ2v) is 3.93. The fourth-order valence-electron chi connectivity index (χ4n) is 1.48. The Morgan fingerprint density at radius 3 is 2.61 bits per heavy atom. The van der Waals surface area contributed by atoms with Crippen molar-refractivity contribution in [3.05, 3.63) is 41.9 Å². The molecule has 0 aliphatic heterocycles. The van der Waals surface area contributed by atoms with E-state index in [1.807, 2.05) is 0 Å². The van der Waals surface area contributed by atoms with Gasteiger partial charge in [0.2, 0.25) is 5.89 Å². The minimum atomic E-state index is -4.37. The average molecular weight is 256 g/mol. The number of halogens is 3. The number of nitrogens with zero attached hydrogens (tertiary/aromatic N) is 1. The van der Waals surface area contributed by atoms with Crippen LogP contribution in [0.25, 0.3) is 11.3 Å². The molecule has 3 nitrogen and oxygen atoms in total. The molecule has 0 bridgehead atoms. The van der Waals surface area contributed by atoms with Gasteiger partial charge in [0.05, 0.1) is 17.8 Å². The maximum absolute atomic E-state index is 12.6. The third kappa shape index (κ3) is 2.53. The summed E-state index contributed by atoms with van der Waals surface area (Å²) in [6, 6.07) is 4.48. The third-order valence-corrected chi connectivity index (χ3v) is 2.39. The lowest BCUT2D eigenvalue weighted by Crippen LogP contribution is -2.04. The quantitative estimate of drug-likeness (QED) is 0.896. The molecular formula is C12H11F3N2O. The maximum Gasteiger partial charge on any atom is 0.416 e. The van der Waals surface area contributed by atoms with Gasteiger partial charge in [-0.1, -0.05) is 12.1 Å². The molecule has 1 aromatic carbocycles. The molecule has 2 aromatic rings. The standard InChI is InChI=1S/C12H11F3N2O/c1-7(16)11-17-6-10(18-11)8-3-2-4-9(5-8)12(13,14)15/h2-7H,16H2,1H3. The zero-order valence-corrected chi connectivity index (χ0v) is 9.53. The zero-order valence-electron chi connectivity index (χ0n) is 9.53. The molecule has 1 unspecified atom stereocenters. The molecule has 18 heavy (non-hydrogen) atoms. The van der Waals surface area contributed by atoms with Crippen LogP contribution in [0.5, 0.6) is 0 Å². The van der Waals surface area contributed by atoms with Crippen LogP contribution in [0, 0.1) is 0 Å². The van der Waals surface area contributed by atoms with Crippen LogP contribution in [-0.4, -0.2) is 4.98 Å². The first-order valence-electron chi connectivity index (χ1n) is 5.27. The van der Waals surface area contributed by atoms with Crippen LogP contribution >= 0.6 is 0 Å². The second kappa shape index (κ2) is 4.45. The number of hydrogen-bond donors (Lipinski definition) is 1. The highest BCUT2D eigenvalue weighted by atomic mass is 19.4. The molecule has 6 heteroatoms. The third-order valence-electron chi connectivity index (χ3n) is 2.39. The van der Waals surface area contributed by atoms with E-state index in [4.69, 9.17) is 10.2 Å². The van der Waals surface area contributed by atoms with Crippen molar-refractivity contribution in [2.45, 2.75) is 19.1 Å². The first-order chi connectivity index (χ1) is 8.38. The van der Waals surface area contributed by atoms with E-state index in [9.17, 15) is 13.2 Å². The molecule has 1 aromatic heterocycles. The van der Waals surface area contributed by atoms with E-state index in [2.05, 4.69) is 4.98 Å². The van der Waals surface area contributed by atoms with Gasteiger partial charge in [0.25, 0.3) is 0 Å². The Bertz CT molecular complexity index is 546. The van der Waals surface area contributed by atoms with Gasteiger partial charge in [0, 0.05) is 5.56 Å². The molecule has 0 saturated heterocycles. The van der Waals surface area contributed by atoms with E-state index in [0.29, 0.717) is 11.5 Å². The van der Waals surface area contributed by atoms with Crippen LogP contribution in [-0.2, 0) is 6.18 Å². The number of benzene rings is 1. The SMILES string of the molecule is CC(N)c1ncc(-c2cccc(C(F)(F)F)c2)o1. The fourth-order valence-corrected chi connectivity index (χ4v) is 1.48. The first kappa shape index (κ1) is 12.6. The molecule has 1 atom stereocenters. The van der Waals surface area contributed by atoms with Gasteiger partial charge in [-0.3, -0.25) is 0 Å². The molecule has 0 radical (unpaired) electrons. The lowest BCUT2D eigenvalue weighted by atomic mass is 10.1. The maximum atomic E-state index is 12.6. The number of oxazole rings is 1. The molecule has 2 rings (SSSR count). The van der Waals surface area contributed by atoms with Crippen molar-refractivity contribution in [3.63, 3.8) is 0 Å². The number of aromatic nitrogens is 1. The van der Waals surface area contributed by atoms with Crippen LogP contribution < -0.4 is 5.73 Å². The minimum absolute atomic E-state index is 0.272. The van der Waals surface area contributed by atoms with Crippen LogP contribution in [0.4, 0.5) is 13.2 Å². The Morgan fingerprint density at radius 1 is 1.33 bits per heavy atom. The van der Waals surface area contributed by atoms with Gasteiger partial charge in [0.1, 0.15) is 0 Å². The fraction of sp³-hybridized carbons (Fsp3) is 0.250. The van der Waals surface area contributed by atoms with Crippen LogP contribution in [0.15, 0.2) is 34.9 Å². The minimum Gasteiger partial charge on any atom is -0.439 e. The van der Waals surface area contributed by atoms with Gasteiger partial charge >= 0.3 is 6.18 Å². The summed E-state index contributed by atoms with van der Waals surface area (Å²) >= 11 is 0. The molecule has 0 saturated carbocycles. The number of rotatable bonds is 2. The predicted molar refractivity (Wildman–Crippen MR) is 59.5 cm³/mol. The molecule has 0 fully saturated rings. The van der Waals surface area contributed by atoms with Crippen molar-refractivity contribution in [1.29, 1.82) is 0 Å². The normalized spacial score (nSPS) is 13.6. The Balaban J connectivity index is 2.38. The van der Waals surface area contributed by atoms with E-state index in [1.54, 1.807) is 6.92 Å². The van der Waals surface area contributed by atoms with Crippen LogP contribution in [0.3, 0.4) is 0 Å². The Kier molecular flexibility index (Phi) is 3.13. The second-order valence-electron chi connectivity index (χ2n) is 3.93. The summed E-state index contributed by atoms with van der Waals surface area (Å²) in [5, 5.41) is 0. The van der Waals surface area contributed by atoms with Gasteiger partial charge in [-0.15, -0.1) is 0 Å². The molecule has 2 N–H and O–H groups in total. The summed E-state index contributed by atoms with van der Waals surface area (Å²) in [4.78, 5) is 3.91. The van der Waals surface area contributed by atoms with E-state index < -0.39 is 17.8 Å². The summed E-state index contributed by atoms with van der Waals surface area (Å²) in [6.45, 7) is 1.68.